The van der Waals surface area contributed by atoms with Crippen LogP contribution >= 0.6 is 11.6 Å². The second-order valence-corrected chi connectivity index (χ2v) is 4.72. The molecule has 1 rings (SSSR count). The summed E-state index contributed by atoms with van der Waals surface area (Å²) in [5, 5.41) is 2.73. The van der Waals surface area contributed by atoms with Gasteiger partial charge in [0.05, 0.1) is 5.56 Å². The molecule has 4 heteroatoms. The number of rotatable bonds is 7. The number of aryl methyl sites for hydroxylation is 1. The van der Waals surface area contributed by atoms with Crippen LogP contribution in [0.25, 0.3) is 0 Å². The third-order valence-corrected chi connectivity index (χ3v) is 2.98. The highest BCUT2D eigenvalue weighted by Gasteiger charge is 2.10. The first-order chi connectivity index (χ1) is 8.65. The molecule has 2 nitrogen and oxygen atoms in total. The number of nitrogens with one attached hydrogen (secondary N) is 1. The first-order valence-corrected chi connectivity index (χ1v) is 6.79. The molecular weight excluding hydrogens is 253 g/mol. The normalized spacial score (nSPS) is 10.4. The molecule has 1 amide bonds. The molecule has 0 saturated heterocycles. The van der Waals surface area contributed by atoms with E-state index in [1.807, 2.05) is 6.92 Å². The Morgan fingerprint density at radius 1 is 1.28 bits per heavy atom. The van der Waals surface area contributed by atoms with Gasteiger partial charge in [-0.2, -0.15) is 0 Å². The largest absolute Gasteiger partial charge is 0.352 e. The molecule has 0 spiro atoms. The lowest BCUT2D eigenvalue weighted by Gasteiger charge is -2.06. The summed E-state index contributed by atoms with van der Waals surface area (Å²) in [7, 11) is 0. The summed E-state index contributed by atoms with van der Waals surface area (Å²) in [4.78, 5) is 11.7. The molecule has 0 unspecified atom stereocenters. The number of hydrogen-bond donors (Lipinski definition) is 1. The Morgan fingerprint density at radius 3 is 2.72 bits per heavy atom. The molecule has 0 heterocycles. The van der Waals surface area contributed by atoms with E-state index < -0.39 is 5.82 Å². The maximum atomic E-state index is 13.4. The number of alkyl halides is 1. The van der Waals surface area contributed by atoms with Gasteiger partial charge in [-0.05, 0) is 31.9 Å². The van der Waals surface area contributed by atoms with Gasteiger partial charge >= 0.3 is 0 Å². The Morgan fingerprint density at radius 2 is 2.00 bits per heavy atom. The predicted molar refractivity (Wildman–Crippen MR) is 72.7 cm³/mol. The van der Waals surface area contributed by atoms with Crippen LogP contribution in [-0.4, -0.2) is 18.3 Å². The average Bonchev–Trinajstić information content (AvgIpc) is 2.36. The van der Waals surface area contributed by atoms with E-state index in [1.165, 1.54) is 6.07 Å². The highest BCUT2D eigenvalue weighted by atomic mass is 35.5. The quantitative estimate of drug-likeness (QED) is 0.595. The molecule has 0 atom stereocenters. The van der Waals surface area contributed by atoms with Gasteiger partial charge < -0.3 is 5.32 Å². The van der Waals surface area contributed by atoms with Gasteiger partial charge in [-0.3, -0.25) is 4.79 Å². The van der Waals surface area contributed by atoms with Gasteiger partial charge in [-0.1, -0.05) is 24.5 Å². The Kier molecular flexibility index (Phi) is 6.73. The van der Waals surface area contributed by atoms with Crippen molar-refractivity contribution in [3.8, 4) is 0 Å². The zero-order chi connectivity index (χ0) is 13.4. The van der Waals surface area contributed by atoms with E-state index in [9.17, 15) is 9.18 Å². The van der Waals surface area contributed by atoms with Gasteiger partial charge in [0.1, 0.15) is 5.82 Å². The molecule has 0 radical (unpaired) electrons. The number of halogens is 2. The molecule has 0 aromatic heterocycles. The summed E-state index contributed by atoms with van der Waals surface area (Å²) in [6.07, 6.45) is 4.00. The molecular formula is C14H19ClFNO. The number of carbonyl (C=O) groups is 1. The molecule has 0 saturated carbocycles. The molecule has 18 heavy (non-hydrogen) atoms. The zero-order valence-electron chi connectivity index (χ0n) is 10.6. The molecule has 1 aromatic rings. The van der Waals surface area contributed by atoms with E-state index >= 15 is 0 Å². The van der Waals surface area contributed by atoms with Crippen molar-refractivity contribution in [2.45, 2.75) is 32.6 Å². The second kappa shape index (κ2) is 8.09. The van der Waals surface area contributed by atoms with Gasteiger partial charge in [0.15, 0.2) is 0 Å². The summed E-state index contributed by atoms with van der Waals surface area (Å²) in [6.45, 7) is 2.41. The lowest BCUT2D eigenvalue weighted by atomic mass is 10.1. The summed E-state index contributed by atoms with van der Waals surface area (Å²) < 4.78 is 13.4. The molecule has 0 aliphatic carbocycles. The van der Waals surface area contributed by atoms with Crippen molar-refractivity contribution in [2.24, 2.45) is 0 Å². The van der Waals surface area contributed by atoms with Crippen molar-refractivity contribution < 1.29 is 9.18 Å². The van der Waals surface area contributed by atoms with Crippen molar-refractivity contribution >= 4 is 17.5 Å². The Balaban J connectivity index is 2.34. The molecule has 100 valence electrons. The van der Waals surface area contributed by atoms with E-state index in [2.05, 4.69) is 5.32 Å². The van der Waals surface area contributed by atoms with Crippen LogP contribution in [-0.2, 0) is 0 Å². The van der Waals surface area contributed by atoms with E-state index in [-0.39, 0.29) is 11.5 Å². The van der Waals surface area contributed by atoms with Crippen LogP contribution in [0.3, 0.4) is 0 Å². The third-order valence-electron chi connectivity index (χ3n) is 2.71. The minimum Gasteiger partial charge on any atom is -0.352 e. The maximum absolute atomic E-state index is 13.4. The minimum absolute atomic E-state index is 0.121. The molecule has 0 bridgehead atoms. The van der Waals surface area contributed by atoms with Crippen molar-refractivity contribution in [1.29, 1.82) is 0 Å². The smallest absolute Gasteiger partial charge is 0.254 e. The van der Waals surface area contributed by atoms with E-state index in [0.29, 0.717) is 12.4 Å². The maximum Gasteiger partial charge on any atom is 0.254 e. The van der Waals surface area contributed by atoms with Crippen molar-refractivity contribution in [2.75, 3.05) is 12.4 Å². The molecule has 1 aromatic carbocycles. The summed E-state index contributed by atoms with van der Waals surface area (Å²) in [6, 6.07) is 4.54. The van der Waals surface area contributed by atoms with Gasteiger partial charge in [0, 0.05) is 12.4 Å². The van der Waals surface area contributed by atoms with Gasteiger partial charge in [0.25, 0.3) is 5.91 Å². The number of hydrogen-bond acceptors (Lipinski definition) is 1. The summed E-state index contributed by atoms with van der Waals surface area (Å²) >= 11 is 5.57. The molecule has 0 fully saturated rings. The van der Waals surface area contributed by atoms with Crippen LogP contribution in [0.2, 0.25) is 0 Å². The fourth-order valence-electron chi connectivity index (χ4n) is 1.68. The second-order valence-electron chi connectivity index (χ2n) is 4.34. The number of unbranched alkanes of at least 4 members (excludes halogenated alkanes) is 3. The lowest BCUT2D eigenvalue weighted by molar-refractivity contribution is 0.0949. The monoisotopic (exact) mass is 271 g/mol. The number of benzene rings is 1. The Labute approximate surface area is 113 Å². The van der Waals surface area contributed by atoms with Crippen molar-refractivity contribution in [1.82, 2.24) is 5.32 Å². The van der Waals surface area contributed by atoms with Crippen molar-refractivity contribution in [3.05, 3.63) is 35.1 Å². The fraction of sp³-hybridized carbons (Fsp3) is 0.500. The predicted octanol–water partition coefficient (Wildman–Crippen LogP) is 3.66. The van der Waals surface area contributed by atoms with E-state index in [4.69, 9.17) is 11.6 Å². The highest BCUT2D eigenvalue weighted by molar-refractivity contribution is 6.17. The SMILES string of the molecule is Cc1ccc(F)c(C(=O)NCCCCCCCl)c1. The van der Waals surface area contributed by atoms with Crippen LogP contribution < -0.4 is 5.32 Å². The molecule has 0 aliphatic rings. The average molecular weight is 272 g/mol. The fourth-order valence-corrected chi connectivity index (χ4v) is 1.87. The van der Waals surface area contributed by atoms with Crippen LogP contribution in [0.4, 0.5) is 4.39 Å². The number of carbonyl (C=O) groups excluding carboxylic acids is 1. The van der Waals surface area contributed by atoms with Gasteiger partial charge in [-0.15, -0.1) is 11.6 Å². The van der Waals surface area contributed by atoms with Crippen LogP contribution in [0, 0.1) is 12.7 Å². The van der Waals surface area contributed by atoms with Crippen LogP contribution in [0.15, 0.2) is 18.2 Å². The topological polar surface area (TPSA) is 29.1 Å². The first-order valence-electron chi connectivity index (χ1n) is 6.25. The Hall–Kier alpha value is -1.09. The Bertz CT molecular complexity index is 395. The summed E-state index contributed by atoms with van der Waals surface area (Å²) in [5.41, 5.74) is 0.999. The standard InChI is InChI=1S/C14H19ClFNO/c1-11-6-7-13(16)12(10-11)14(18)17-9-5-3-2-4-8-15/h6-7,10H,2-5,8-9H2,1H3,(H,17,18). The molecule has 0 aliphatic heterocycles. The minimum atomic E-state index is -0.472. The third kappa shape index (κ3) is 5.05. The lowest BCUT2D eigenvalue weighted by Crippen LogP contribution is -2.25. The van der Waals surface area contributed by atoms with Gasteiger partial charge in [0.2, 0.25) is 0 Å². The zero-order valence-corrected chi connectivity index (χ0v) is 11.4. The number of amides is 1. The molecule has 1 N–H and O–H groups in total. The van der Waals surface area contributed by atoms with Crippen LogP contribution in [0.1, 0.15) is 41.6 Å². The van der Waals surface area contributed by atoms with E-state index in [1.54, 1.807) is 12.1 Å². The van der Waals surface area contributed by atoms with E-state index in [0.717, 1.165) is 31.2 Å². The van der Waals surface area contributed by atoms with Gasteiger partial charge in [-0.25, -0.2) is 4.39 Å². The van der Waals surface area contributed by atoms with Crippen LogP contribution in [0.5, 0.6) is 0 Å². The van der Waals surface area contributed by atoms with Crippen molar-refractivity contribution in [3.63, 3.8) is 0 Å². The summed E-state index contributed by atoms with van der Waals surface area (Å²) in [5.74, 6) is -0.130. The highest BCUT2D eigenvalue weighted by Crippen LogP contribution is 2.09. The first kappa shape index (κ1) is 15.0.